The minimum atomic E-state index is -3.03. The Labute approximate surface area is 107 Å². The zero-order chi connectivity index (χ0) is 17.0. The molecule has 4 atom stereocenters. The van der Waals surface area contributed by atoms with E-state index in [9.17, 15) is 24.9 Å². The van der Waals surface area contributed by atoms with Crippen LogP contribution in [0, 0.1) is 0 Å². The second-order valence-electron chi connectivity index (χ2n) is 4.07. The molecule has 1 aliphatic heterocycles. The van der Waals surface area contributed by atoms with Crippen molar-refractivity contribution in [1.82, 2.24) is 9.55 Å². The first-order valence-corrected chi connectivity index (χ1v) is 4.99. The molecule has 0 spiro atoms. The number of nitrogens with one attached hydrogen (secondary N) is 1. The van der Waals surface area contributed by atoms with Crippen LogP contribution in [0.4, 0.5) is 0 Å². The van der Waals surface area contributed by atoms with Gasteiger partial charge < -0.3 is 20.1 Å². The lowest BCUT2D eigenvalue weighted by Gasteiger charge is -2.27. The molecule has 100 valence electrons. The SMILES string of the molecule is [2H]c1c([2H])n([C@@H]2O[C@H](C([2H])([2H])O)[C@@H](O)[C@@]2(C)O)c(=O)[nH]c1=O. The van der Waals surface area contributed by atoms with Crippen molar-refractivity contribution in [3.63, 3.8) is 0 Å². The number of ether oxygens (including phenoxy) is 1. The molecule has 1 saturated heterocycles. The van der Waals surface area contributed by atoms with Crippen molar-refractivity contribution in [3.8, 4) is 0 Å². The van der Waals surface area contributed by atoms with Gasteiger partial charge >= 0.3 is 5.69 Å². The molecule has 0 amide bonds. The van der Waals surface area contributed by atoms with Crippen molar-refractivity contribution in [2.45, 2.75) is 31.0 Å². The van der Waals surface area contributed by atoms with Gasteiger partial charge in [-0.25, -0.2) is 4.79 Å². The largest absolute Gasteiger partial charge is 0.394 e. The molecule has 0 saturated carbocycles. The number of nitrogens with zero attached hydrogens (tertiary/aromatic N) is 1. The maximum atomic E-state index is 11.8. The number of aliphatic hydroxyl groups excluding tert-OH is 1. The van der Waals surface area contributed by atoms with E-state index in [-0.39, 0.29) is 0 Å². The summed E-state index contributed by atoms with van der Waals surface area (Å²) in [5.41, 5.74) is -4.55. The number of hydrogen-bond acceptors (Lipinski definition) is 6. The van der Waals surface area contributed by atoms with Crippen LogP contribution >= 0.6 is 0 Å². The topological polar surface area (TPSA) is 125 Å². The highest BCUT2D eigenvalue weighted by molar-refractivity contribution is 5.00. The van der Waals surface area contributed by atoms with E-state index in [4.69, 9.17) is 10.2 Å². The summed E-state index contributed by atoms with van der Waals surface area (Å²) in [6.45, 7) is -2.02. The predicted molar refractivity (Wildman–Crippen MR) is 58.9 cm³/mol. The van der Waals surface area contributed by atoms with Crippen LogP contribution in [-0.4, -0.2) is 49.2 Å². The van der Waals surface area contributed by atoms with Crippen LogP contribution in [0.2, 0.25) is 0 Å². The number of H-pyrrole nitrogens is 1. The van der Waals surface area contributed by atoms with Gasteiger partial charge in [0.2, 0.25) is 0 Å². The van der Waals surface area contributed by atoms with E-state index in [0.29, 0.717) is 4.57 Å². The van der Waals surface area contributed by atoms with Gasteiger partial charge in [-0.1, -0.05) is 0 Å². The standard InChI is InChI=1S/C10H14N2O6/c1-10(17)7(15)5(4-13)18-8(10)12-3-2-6(14)11-9(12)16/h2-3,5,7-8,13,15,17H,4H2,1H3,(H,11,14,16)/t5-,7-,8-,10-/m1/s1/i2D,3D,4D2. The molecular formula is C10H14N2O6. The third kappa shape index (κ3) is 1.89. The monoisotopic (exact) mass is 262 g/mol. The number of aromatic nitrogens is 2. The van der Waals surface area contributed by atoms with Crippen LogP contribution in [0.5, 0.6) is 0 Å². The lowest BCUT2D eigenvalue weighted by atomic mass is 9.96. The van der Waals surface area contributed by atoms with Gasteiger partial charge in [-0.2, -0.15) is 0 Å². The quantitative estimate of drug-likeness (QED) is 0.468. The van der Waals surface area contributed by atoms with Crippen LogP contribution in [0.1, 0.15) is 18.6 Å². The molecule has 2 rings (SSSR count). The second kappa shape index (κ2) is 4.32. The van der Waals surface area contributed by atoms with Crippen LogP contribution in [0.15, 0.2) is 21.8 Å². The van der Waals surface area contributed by atoms with Gasteiger partial charge in [0.05, 0.1) is 12.0 Å². The Morgan fingerprint density at radius 2 is 2.39 bits per heavy atom. The summed E-state index contributed by atoms with van der Waals surface area (Å²) in [5, 5.41) is 29.5. The Morgan fingerprint density at radius 1 is 1.72 bits per heavy atom. The van der Waals surface area contributed by atoms with Crippen molar-refractivity contribution < 1.29 is 25.5 Å². The summed E-state index contributed by atoms with van der Waals surface area (Å²) in [5.74, 6) is 0. The first-order chi connectivity index (χ1) is 9.89. The lowest BCUT2D eigenvalue weighted by molar-refractivity contribution is -0.0987. The van der Waals surface area contributed by atoms with Gasteiger partial charge in [-0.05, 0) is 6.92 Å². The van der Waals surface area contributed by atoms with Gasteiger partial charge in [0.25, 0.3) is 5.56 Å². The Balaban J connectivity index is 2.62. The molecule has 1 aromatic rings. The molecule has 0 aliphatic carbocycles. The average Bonchev–Trinajstić information content (AvgIpc) is 2.59. The Bertz CT molecular complexity index is 709. The van der Waals surface area contributed by atoms with E-state index in [1.54, 1.807) is 4.98 Å². The molecule has 1 aliphatic rings. The highest BCUT2D eigenvalue weighted by Crippen LogP contribution is 2.36. The Hall–Kier alpha value is -1.48. The molecule has 8 nitrogen and oxygen atoms in total. The van der Waals surface area contributed by atoms with Crippen molar-refractivity contribution >= 4 is 0 Å². The molecule has 4 N–H and O–H groups in total. The van der Waals surface area contributed by atoms with E-state index in [0.717, 1.165) is 6.92 Å². The molecule has 1 fully saturated rings. The van der Waals surface area contributed by atoms with Crippen LogP contribution in [0.3, 0.4) is 0 Å². The fourth-order valence-corrected chi connectivity index (χ4v) is 1.74. The summed E-state index contributed by atoms with van der Waals surface area (Å²) in [6, 6.07) is -0.871. The fourth-order valence-electron chi connectivity index (χ4n) is 1.74. The number of aromatic amines is 1. The normalized spacial score (nSPS) is 39.9. The fraction of sp³-hybridized carbons (Fsp3) is 0.600. The molecule has 8 heteroatoms. The highest BCUT2D eigenvalue weighted by Gasteiger charge is 2.53. The summed E-state index contributed by atoms with van der Waals surface area (Å²) in [4.78, 5) is 24.8. The van der Waals surface area contributed by atoms with Gasteiger partial charge in [0.15, 0.2) is 6.23 Å². The Morgan fingerprint density at radius 3 is 2.94 bits per heavy atom. The van der Waals surface area contributed by atoms with Gasteiger partial charge in [-0.3, -0.25) is 14.3 Å². The predicted octanol–water partition coefficient (Wildman–Crippen LogP) is -2.46. The Kier molecular flexibility index (Phi) is 2.06. The third-order valence-corrected chi connectivity index (χ3v) is 2.75. The third-order valence-electron chi connectivity index (χ3n) is 2.75. The van der Waals surface area contributed by atoms with Gasteiger partial charge in [-0.15, -0.1) is 0 Å². The average molecular weight is 262 g/mol. The van der Waals surface area contributed by atoms with E-state index >= 15 is 0 Å². The maximum absolute atomic E-state index is 11.8. The van der Waals surface area contributed by atoms with E-state index in [2.05, 4.69) is 0 Å². The van der Waals surface area contributed by atoms with Crippen molar-refractivity contribution in [1.29, 1.82) is 0 Å². The first-order valence-electron chi connectivity index (χ1n) is 6.99. The lowest BCUT2D eigenvalue weighted by Crippen LogP contribution is -2.46. The summed E-state index contributed by atoms with van der Waals surface area (Å²) < 4.78 is 34.8. The van der Waals surface area contributed by atoms with Crippen molar-refractivity contribution in [2.75, 3.05) is 6.56 Å². The zero-order valence-corrected chi connectivity index (χ0v) is 9.25. The molecule has 0 unspecified atom stereocenters. The van der Waals surface area contributed by atoms with E-state index < -0.39 is 54.1 Å². The van der Waals surface area contributed by atoms with E-state index in [1.165, 1.54) is 0 Å². The van der Waals surface area contributed by atoms with Gasteiger partial charge in [0, 0.05) is 12.2 Å². The number of hydrogen-bond donors (Lipinski definition) is 4. The second-order valence-corrected chi connectivity index (χ2v) is 4.07. The first kappa shape index (κ1) is 8.59. The summed E-state index contributed by atoms with van der Waals surface area (Å²) >= 11 is 0. The van der Waals surface area contributed by atoms with Crippen LogP contribution in [0.25, 0.3) is 0 Å². The summed E-state index contributed by atoms with van der Waals surface area (Å²) in [7, 11) is 0. The zero-order valence-electron chi connectivity index (χ0n) is 13.2. The molecule has 2 heterocycles. The minimum absolute atomic E-state index is 0.401. The highest BCUT2D eigenvalue weighted by atomic mass is 16.6. The maximum Gasteiger partial charge on any atom is 0.330 e. The smallest absolute Gasteiger partial charge is 0.330 e. The number of rotatable bonds is 2. The molecule has 0 bridgehead atoms. The van der Waals surface area contributed by atoms with Crippen LogP contribution < -0.4 is 11.2 Å². The number of aliphatic hydroxyl groups is 3. The van der Waals surface area contributed by atoms with E-state index in [1.807, 2.05) is 0 Å². The van der Waals surface area contributed by atoms with Crippen LogP contribution in [-0.2, 0) is 4.74 Å². The molecule has 0 radical (unpaired) electrons. The molecular weight excluding hydrogens is 244 g/mol. The van der Waals surface area contributed by atoms with Crippen molar-refractivity contribution in [3.05, 3.63) is 33.1 Å². The van der Waals surface area contributed by atoms with Gasteiger partial charge in [0.1, 0.15) is 17.8 Å². The molecule has 18 heavy (non-hydrogen) atoms. The summed E-state index contributed by atoms with van der Waals surface area (Å²) in [6.07, 6.45) is -6.49. The van der Waals surface area contributed by atoms with Crippen molar-refractivity contribution in [2.24, 2.45) is 0 Å². The molecule has 0 aromatic carbocycles. The molecule has 1 aromatic heterocycles. The minimum Gasteiger partial charge on any atom is -0.394 e.